The van der Waals surface area contributed by atoms with Gasteiger partial charge >= 0.3 is 6.18 Å². The van der Waals surface area contributed by atoms with Crippen molar-refractivity contribution in [2.75, 3.05) is 0 Å². The lowest BCUT2D eigenvalue weighted by Crippen LogP contribution is -2.19. The molecule has 1 unspecified atom stereocenters. The van der Waals surface area contributed by atoms with Gasteiger partial charge in [0.2, 0.25) is 0 Å². The first-order chi connectivity index (χ1) is 11.7. The van der Waals surface area contributed by atoms with Crippen molar-refractivity contribution in [3.05, 3.63) is 47.5 Å². The van der Waals surface area contributed by atoms with Crippen LogP contribution in [0.25, 0.3) is 11.0 Å². The molecule has 0 amide bonds. The van der Waals surface area contributed by atoms with Crippen LogP contribution in [0, 0.1) is 11.3 Å². The Balaban J connectivity index is 2.12. The molecule has 0 aliphatic rings. The van der Waals surface area contributed by atoms with Crippen LogP contribution in [0.3, 0.4) is 0 Å². The summed E-state index contributed by atoms with van der Waals surface area (Å²) in [6.45, 7) is 0. The molecule has 1 atom stereocenters. The summed E-state index contributed by atoms with van der Waals surface area (Å²) < 4.78 is 41.8. The molecule has 0 fully saturated rings. The van der Waals surface area contributed by atoms with Crippen molar-refractivity contribution in [3.63, 3.8) is 0 Å². The van der Waals surface area contributed by atoms with E-state index >= 15 is 0 Å². The predicted molar refractivity (Wildman–Crippen MR) is 81.6 cm³/mol. The molecule has 9 heteroatoms. The highest BCUT2D eigenvalue weighted by molar-refractivity contribution is 6.03. The summed E-state index contributed by atoms with van der Waals surface area (Å²) in [5.74, 6) is -2.37. The van der Waals surface area contributed by atoms with Gasteiger partial charge < -0.3 is 4.57 Å². The minimum atomic E-state index is -4.79. The minimum Gasteiger partial charge on any atom is -0.330 e. The van der Waals surface area contributed by atoms with Gasteiger partial charge in [0.15, 0.2) is 17.4 Å². The van der Waals surface area contributed by atoms with Gasteiger partial charge in [0.25, 0.3) is 0 Å². The van der Waals surface area contributed by atoms with Gasteiger partial charge in [0, 0.05) is 20.3 Å². The highest BCUT2D eigenvalue weighted by atomic mass is 19.4. The molecule has 128 valence electrons. The van der Waals surface area contributed by atoms with Crippen LogP contribution >= 0.6 is 0 Å². The molecular weight excluding hydrogens is 335 g/mol. The summed E-state index contributed by atoms with van der Waals surface area (Å²) >= 11 is 0. The minimum absolute atomic E-state index is 0.0886. The number of hydrogen-bond acceptors (Lipinski definition) is 4. The zero-order chi connectivity index (χ0) is 18.4. The molecule has 1 aromatic carbocycles. The molecule has 0 spiro atoms. The number of nitrogens with zero attached hydrogens (tertiary/aromatic N) is 5. The molecule has 2 aromatic heterocycles. The van der Waals surface area contributed by atoms with Gasteiger partial charge in [-0.25, -0.2) is 4.98 Å². The largest absolute Gasteiger partial charge is 0.435 e. The summed E-state index contributed by atoms with van der Waals surface area (Å²) in [7, 11) is 2.89. The lowest BCUT2D eigenvalue weighted by molar-refractivity contribution is -0.141. The Morgan fingerprint density at radius 1 is 1.28 bits per heavy atom. The number of Topliss-reactive ketones (excluding diaryl/α,β-unsaturated/α-hetero) is 1. The highest BCUT2D eigenvalue weighted by Gasteiger charge is 2.41. The van der Waals surface area contributed by atoms with Crippen molar-refractivity contribution in [2.45, 2.75) is 12.1 Å². The standard InChI is InChI=1S/C16H12F3N5O/c1-23-8-10(14(22-23)16(17,18)19)13(25)9(7-20)15-21-11-5-3-4-6-12(11)24(15)2/h3-6,8-9H,1-2H3. The Bertz CT molecular complexity index is 1010. The second kappa shape index (κ2) is 5.73. The first-order valence-corrected chi connectivity index (χ1v) is 7.20. The summed E-state index contributed by atoms with van der Waals surface area (Å²) in [5, 5.41) is 12.7. The number of nitriles is 1. The molecule has 0 saturated carbocycles. The van der Waals surface area contributed by atoms with Gasteiger partial charge in [-0.15, -0.1) is 0 Å². The van der Waals surface area contributed by atoms with Crippen LogP contribution in [-0.4, -0.2) is 25.1 Å². The van der Waals surface area contributed by atoms with Gasteiger partial charge in [-0.3, -0.25) is 9.48 Å². The van der Waals surface area contributed by atoms with Crippen LogP contribution in [0.15, 0.2) is 30.5 Å². The molecule has 6 nitrogen and oxygen atoms in total. The smallest absolute Gasteiger partial charge is 0.330 e. The number of para-hydroxylation sites is 2. The molecule has 2 heterocycles. The third-order valence-corrected chi connectivity index (χ3v) is 3.83. The maximum Gasteiger partial charge on any atom is 0.435 e. The fourth-order valence-electron chi connectivity index (χ4n) is 2.69. The second-order valence-electron chi connectivity index (χ2n) is 5.51. The van der Waals surface area contributed by atoms with Crippen LogP contribution in [-0.2, 0) is 20.3 Å². The van der Waals surface area contributed by atoms with Crippen molar-refractivity contribution in [1.29, 1.82) is 5.26 Å². The number of hydrogen-bond donors (Lipinski definition) is 0. The van der Waals surface area contributed by atoms with Gasteiger partial charge in [0.05, 0.1) is 22.7 Å². The number of alkyl halides is 3. The molecule has 0 N–H and O–H groups in total. The Hall–Kier alpha value is -3.15. The van der Waals surface area contributed by atoms with E-state index in [1.165, 1.54) is 11.6 Å². The van der Waals surface area contributed by atoms with E-state index in [0.29, 0.717) is 11.0 Å². The van der Waals surface area contributed by atoms with Gasteiger partial charge in [-0.05, 0) is 12.1 Å². The molecule has 25 heavy (non-hydrogen) atoms. The van der Waals surface area contributed by atoms with Crippen LogP contribution < -0.4 is 0 Å². The highest BCUT2D eigenvalue weighted by Crippen LogP contribution is 2.33. The number of halogens is 3. The summed E-state index contributed by atoms with van der Waals surface area (Å²) in [5.41, 5.74) is -0.726. The van der Waals surface area contributed by atoms with E-state index in [4.69, 9.17) is 0 Å². The number of carbonyl (C=O) groups excluding carboxylic acids is 1. The van der Waals surface area contributed by atoms with E-state index in [2.05, 4.69) is 10.1 Å². The molecular formula is C16H12F3N5O. The maximum absolute atomic E-state index is 13.1. The SMILES string of the molecule is Cn1cc(C(=O)C(C#N)c2nc3ccccc3n2C)c(C(F)(F)F)n1. The van der Waals surface area contributed by atoms with Gasteiger partial charge in [-0.2, -0.15) is 23.5 Å². The third kappa shape index (κ3) is 2.76. The molecule has 0 bridgehead atoms. The lowest BCUT2D eigenvalue weighted by Gasteiger charge is -2.10. The Morgan fingerprint density at radius 2 is 1.96 bits per heavy atom. The van der Waals surface area contributed by atoms with Crippen molar-refractivity contribution in [1.82, 2.24) is 19.3 Å². The van der Waals surface area contributed by atoms with Crippen molar-refractivity contribution >= 4 is 16.8 Å². The van der Waals surface area contributed by atoms with Crippen molar-refractivity contribution in [3.8, 4) is 6.07 Å². The van der Waals surface area contributed by atoms with Crippen LogP contribution in [0.1, 0.15) is 27.8 Å². The number of ketones is 1. The first kappa shape index (κ1) is 16.7. The number of aromatic nitrogens is 4. The fraction of sp³-hybridized carbons (Fsp3) is 0.250. The van der Waals surface area contributed by atoms with Crippen LogP contribution in [0.2, 0.25) is 0 Å². The van der Waals surface area contributed by atoms with E-state index in [1.54, 1.807) is 37.4 Å². The molecule has 0 aliphatic heterocycles. The molecule has 0 saturated heterocycles. The third-order valence-electron chi connectivity index (χ3n) is 3.83. The number of rotatable bonds is 3. The average Bonchev–Trinajstić information content (AvgIpc) is 3.10. The monoisotopic (exact) mass is 347 g/mol. The number of aryl methyl sites for hydroxylation is 2. The fourth-order valence-corrected chi connectivity index (χ4v) is 2.69. The van der Waals surface area contributed by atoms with E-state index in [0.717, 1.165) is 10.9 Å². The first-order valence-electron chi connectivity index (χ1n) is 7.20. The van der Waals surface area contributed by atoms with E-state index in [-0.39, 0.29) is 5.82 Å². The Labute approximate surface area is 140 Å². The van der Waals surface area contributed by atoms with Crippen molar-refractivity contribution < 1.29 is 18.0 Å². The molecule has 3 aromatic rings. The zero-order valence-corrected chi connectivity index (χ0v) is 13.2. The predicted octanol–water partition coefficient (Wildman–Crippen LogP) is 2.82. The summed E-state index contributed by atoms with van der Waals surface area (Å²) in [6.07, 6.45) is -3.82. The van der Waals surface area contributed by atoms with E-state index in [9.17, 15) is 23.2 Å². The zero-order valence-electron chi connectivity index (χ0n) is 13.2. The van der Waals surface area contributed by atoms with E-state index < -0.39 is 29.1 Å². The topological polar surface area (TPSA) is 76.5 Å². The Morgan fingerprint density at radius 3 is 2.56 bits per heavy atom. The number of carbonyl (C=O) groups is 1. The number of fused-ring (bicyclic) bond motifs is 1. The number of benzene rings is 1. The molecule has 0 aliphatic carbocycles. The average molecular weight is 347 g/mol. The Kier molecular flexibility index (Phi) is 3.83. The van der Waals surface area contributed by atoms with Crippen LogP contribution in [0.5, 0.6) is 0 Å². The second-order valence-corrected chi connectivity index (χ2v) is 5.51. The summed E-state index contributed by atoms with van der Waals surface area (Å²) in [4.78, 5) is 16.9. The molecule has 3 rings (SSSR count). The van der Waals surface area contributed by atoms with Crippen molar-refractivity contribution in [2.24, 2.45) is 14.1 Å². The number of imidazole rings is 1. The van der Waals surface area contributed by atoms with Gasteiger partial charge in [-0.1, -0.05) is 12.1 Å². The summed E-state index contributed by atoms with van der Waals surface area (Å²) in [6, 6.07) is 8.72. The lowest BCUT2D eigenvalue weighted by atomic mass is 9.98. The quantitative estimate of drug-likeness (QED) is 0.683. The van der Waals surface area contributed by atoms with Gasteiger partial charge in [0.1, 0.15) is 5.82 Å². The van der Waals surface area contributed by atoms with E-state index in [1.807, 2.05) is 0 Å². The normalized spacial score (nSPS) is 13.0. The molecule has 0 radical (unpaired) electrons. The van der Waals surface area contributed by atoms with Crippen LogP contribution in [0.4, 0.5) is 13.2 Å². The maximum atomic E-state index is 13.1.